The molecule has 0 bridgehead atoms. The molecule has 0 saturated carbocycles. The molecule has 0 radical (unpaired) electrons. The van der Waals surface area contributed by atoms with Gasteiger partial charge in [0.2, 0.25) is 0 Å². The smallest absolute Gasteiger partial charge is 0.0547 e. The van der Waals surface area contributed by atoms with Crippen LogP contribution in [0.2, 0.25) is 0 Å². The molecule has 0 atom stereocenters. The molecule has 3 heteroatoms. The summed E-state index contributed by atoms with van der Waals surface area (Å²) >= 11 is 0. The van der Waals surface area contributed by atoms with Gasteiger partial charge in [0.15, 0.2) is 0 Å². The van der Waals surface area contributed by atoms with Crippen molar-refractivity contribution in [1.29, 1.82) is 0 Å². The van der Waals surface area contributed by atoms with Gasteiger partial charge in [0.05, 0.1) is 22.1 Å². The van der Waals surface area contributed by atoms with Crippen LogP contribution in [0.3, 0.4) is 0 Å². The quantitative estimate of drug-likeness (QED) is 0.149. The first-order valence-electron chi connectivity index (χ1n) is 21.6. The normalized spacial score (nSPS) is 11.5. The molecule has 0 unspecified atom stereocenters. The molecule has 0 amide bonds. The maximum atomic E-state index is 2.38. The summed E-state index contributed by atoms with van der Waals surface area (Å²) in [4.78, 5) is 2.33. The lowest BCUT2D eigenvalue weighted by Crippen LogP contribution is -2.09. The molecule has 0 spiro atoms. The van der Waals surface area contributed by atoms with Crippen molar-refractivity contribution < 1.29 is 0 Å². The fourth-order valence-corrected chi connectivity index (χ4v) is 9.50. The van der Waals surface area contributed by atoms with E-state index in [2.05, 4.69) is 263 Å². The molecule has 12 rings (SSSR count). The zero-order valence-electron chi connectivity index (χ0n) is 34.5. The highest BCUT2D eigenvalue weighted by molar-refractivity contribution is 6.11. The molecule has 63 heavy (non-hydrogen) atoms. The molecule has 0 N–H and O–H groups in total. The van der Waals surface area contributed by atoms with Gasteiger partial charge in [-0.15, -0.1) is 0 Å². The van der Waals surface area contributed by atoms with Gasteiger partial charge in [0.25, 0.3) is 0 Å². The van der Waals surface area contributed by atoms with Crippen molar-refractivity contribution in [2.75, 3.05) is 4.90 Å². The Morgan fingerprint density at radius 1 is 0.222 bits per heavy atom. The maximum absolute atomic E-state index is 2.38. The van der Waals surface area contributed by atoms with E-state index in [1.165, 1.54) is 82.7 Å². The van der Waals surface area contributed by atoms with Crippen molar-refractivity contribution in [2.45, 2.75) is 0 Å². The lowest BCUT2D eigenvalue weighted by Gasteiger charge is -2.26. The van der Waals surface area contributed by atoms with Crippen LogP contribution in [-0.4, -0.2) is 9.13 Å². The Morgan fingerprint density at radius 3 is 1.13 bits per heavy atom. The average Bonchev–Trinajstić information content (AvgIpc) is 3.88. The van der Waals surface area contributed by atoms with Crippen LogP contribution < -0.4 is 4.90 Å². The van der Waals surface area contributed by atoms with Crippen LogP contribution >= 0.6 is 0 Å². The zero-order valence-corrected chi connectivity index (χ0v) is 34.5. The zero-order chi connectivity index (χ0) is 41.7. The summed E-state index contributed by atoms with van der Waals surface area (Å²) in [5.74, 6) is 0. The van der Waals surface area contributed by atoms with Crippen LogP contribution in [-0.2, 0) is 0 Å². The van der Waals surface area contributed by atoms with Crippen LogP contribution in [0.1, 0.15) is 0 Å². The van der Waals surface area contributed by atoms with Crippen molar-refractivity contribution in [3.63, 3.8) is 0 Å². The van der Waals surface area contributed by atoms with E-state index in [4.69, 9.17) is 0 Å². The first-order valence-corrected chi connectivity index (χ1v) is 21.6. The van der Waals surface area contributed by atoms with Gasteiger partial charge in [-0.3, -0.25) is 0 Å². The molecule has 0 saturated heterocycles. The van der Waals surface area contributed by atoms with Gasteiger partial charge in [0.1, 0.15) is 0 Å². The lowest BCUT2D eigenvalue weighted by atomic mass is 9.98. The molecule has 12 aromatic rings. The molecule has 2 aromatic heterocycles. The largest absolute Gasteiger partial charge is 0.311 e. The molecule has 0 aliphatic heterocycles. The molecule has 10 aromatic carbocycles. The number of fused-ring (bicyclic) bond motifs is 6. The number of benzene rings is 10. The topological polar surface area (TPSA) is 13.1 Å². The van der Waals surface area contributed by atoms with Gasteiger partial charge in [-0.1, -0.05) is 158 Å². The highest BCUT2D eigenvalue weighted by Gasteiger charge is 2.17. The predicted octanol–water partition coefficient (Wildman–Crippen LogP) is 16.4. The van der Waals surface area contributed by atoms with Crippen LogP contribution in [0.4, 0.5) is 17.1 Å². The number of rotatable bonds is 8. The molecule has 3 nitrogen and oxygen atoms in total. The summed E-state index contributed by atoms with van der Waals surface area (Å²) in [7, 11) is 0. The Morgan fingerprint density at radius 2 is 0.571 bits per heavy atom. The summed E-state index contributed by atoms with van der Waals surface area (Å²) in [6.07, 6.45) is 0. The fraction of sp³-hybridized carbons (Fsp3) is 0. The van der Waals surface area contributed by atoms with Crippen LogP contribution in [0.5, 0.6) is 0 Å². The lowest BCUT2D eigenvalue weighted by molar-refractivity contribution is 1.18. The minimum Gasteiger partial charge on any atom is -0.311 e. The number of anilines is 3. The maximum Gasteiger partial charge on any atom is 0.0547 e. The third-order valence-corrected chi connectivity index (χ3v) is 12.5. The van der Waals surface area contributed by atoms with Crippen molar-refractivity contribution >= 4 is 60.7 Å². The van der Waals surface area contributed by atoms with Gasteiger partial charge >= 0.3 is 0 Å². The number of aromatic nitrogens is 2. The van der Waals surface area contributed by atoms with Crippen molar-refractivity contribution in [3.05, 3.63) is 249 Å². The molecular weight excluding hydrogens is 763 g/mol. The van der Waals surface area contributed by atoms with Gasteiger partial charge in [-0.25, -0.2) is 0 Å². The molecular formula is C60H41N3. The van der Waals surface area contributed by atoms with E-state index in [9.17, 15) is 0 Å². The summed E-state index contributed by atoms with van der Waals surface area (Å²) in [5.41, 5.74) is 17.6. The van der Waals surface area contributed by atoms with Crippen molar-refractivity contribution in [3.8, 4) is 44.8 Å². The summed E-state index contributed by atoms with van der Waals surface area (Å²) in [5, 5.41) is 5.04. The second-order valence-electron chi connectivity index (χ2n) is 16.2. The summed E-state index contributed by atoms with van der Waals surface area (Å²) in [6, 6.07) is 89.9. The first kappa shape index (κ1) is 36.5. The number of nitrogens with zero attached hydrogens (tertiary/aromatic N) is 3. The van der Waals surface area contributed by atoms with Gasteiger partial charge in [-0.05, 0) is 124 Å². The van der Waals surface area contributed by atoms with Gasteiger partial charge in [0, 0.05) is 50.0 Å². The number of hydrogen-bond acceptors (Lipinski definition) is 1. The SMILES string of the molecule is c1ccc(N(c2ccc(-c3ccc(-c4ccc5c(c4)c4ccccc4n5-c4ccccc4)cc3)cc2)c2ccc(-c3ccc4c5ccccc5n(-c5ccccc5)c4c3)cc2)cc1. The van der Waals surface area contributed by atoms with E-state index in [0.29, 0.717) is 0 Å². The van der Waals surface area contributed by atoms with E-state index >= 15 is 0 Å². The second kappa shape index (κ2) is 15.3. The van der Waals surface area contributed by atoms with Crippen molar-refractivity contribution in [2.24, 2.45) is 0 Å². The summed E-state index contributed by atoms with van der Waals surface area (Å²) < 4.78 is 4.74. The molecule has 296 valence electrons. The highest BCUT2D eigenvalue weighted by Crippen LogP contribution is 2.40. The molecule has 2 heterocycles. The third-order valence-electron chi connectivity index (χ3n) is 12.5. The van der Waals surface area contributed by atoms with Crippen LogP contribution in [0.25, 0.3) is 88.4 Å². The Hall–Kier alpha value is -8.40. The Labute approximate surface area is 366 Å². The van der Waals surface area contributed by atoms with E-state index in [1.807, 2.05) is 0 Å². The minimum atomic E-state index is 1.10. The molecule has 0 aliphatic carbocycles. The highest BCUT2D eigenvalue weighted by atomic mass is 15.1. The predicted molar refractivity (Wildman–Crippen MR) is 266 cm³/mol. The van der Waals surface area contributed by atoms with E-state index in [-0.39, 0.29) is 0 Å². The molecule has 0 aliphatic rings. The summed E-state index contributed by atoms with van der Waals surface area (Å²) in [6.45, 7) is 0. The second-order valence-corrected chi connectivity index (χ2v) is 16.2. The van der Waals surface area contributed by atoms with E-state index in [0.717, 1.165) is 22.7 Å². The van der Waals surface area contributed by atoms with Gasteiger partial charge < -0.3 is 14.0 Å². The third kappa shape index (κ3) is 6.38. The van der Waals surface area contributed by atoms with E-state index < -0.39 is 0 Å². The monoisotopic (exact) mass is 803 g/mol. The Balaban J connectivity index is 0.842. The number of para-hydroxylation sites is 5. The number of hydrogen-bond donors (Lipinski definition) is 0. The van der Waals surface area contributed by atoms with Crippen LogP contribution in [0, 0.1) is 0 Å². The fourth-order valence-electron chi connectivity index (χ4n) is 9.50. The minimum absolute atomic E-state index is 1.10. The van der Waals surface area contributed by atoms with Crippen molar-refractivity contribution in [1.82, 2.24) is 9.13 Å². The standard InChI is InChI=1S/C60H41N3/c1-4-14-48(15-5-1)61(52-36-30-45(31-37-52)47-32-38-55-53-20-10-12-22-57(53)63(60(55)41-47)50-18-8-3-9-19-50)51-34-28-43(29-35-51)42-24-26-44(27-25-42)46-33-39-59-56(40-46)54-21-11-13-23-58(54)62(59)49-16-6-2-7-17-49/h1-41H. The Kier molecular flexibility index (Phi) is 8.83. The van der Waals surface area contributed by atoms with Gasteiger partial charge in [-0.2, -0.15) is 0 Å². The first-order chi connectivity index (χ1) is 31.2. The Bertz CT molecular complexity index is 3570. The average molecular weight is 804 g/mol. The van der Waals surface area contributed by atoms with Crippen LogP contribution in [0.15, 0.2) is 249 Å². The van der Waals surface area contributed by atoms with E-state index in [1.54, 1.807) is 0 Å². The molecule has 0 fully saturated rings.